The van der Waals surface area contributed by atoms with Gasteiger partial charge in [-0.3, -0.25) is 0 Å². The van der Waals surface area contributed by atoms with Crippen molar-refractivity contribution in [1.29, 1.82) is 0 Å². The van der Waals surface area contributed by atoms with Crippen molar-refractivity contribution in [3.05, 3.63) is 99.3 Å². The van der Waals surface area contributed by atoms with E-state index in [1.807, 2.05) is 28.8 Å². The first-order chi connectivity index (χ1) is 15.0. The number of ether oxygens (including phenoxy) is 1. The minimum Gasteiger partial charge on any atom is -0.488 e. The Morgan fingerprint density at radius 2 is 1.90 bits per heavy atom. The van der Waals surface area contributed by atoms with Gasteiger partial charge in [-0.1, -0.05) is 53.5 Å². The molecule has 4 aromatic rings. The second-order valence-electron chi connectivity index (χ2n) is 7.23. The Morgan fingerprint density at radius 1 is 1.10 bits per heavy atom. The quantitative estimate of drug-likeness (QED) is 0.411. The lowest BCUT2D eigenvalue weighted by molar-refractivity contribution is 0.0697. The van der Waals surface area contributed by atoms with Gasteiger partial charge in [-0.05, 0) is 47.0 Å². The van der Waals surface area contributed by atoms with E-state index in [2.05, 4.69) is 11.1 Å². The van der Waals surface area contributed by atoms with Crippen LogP contribution in [0.2, 0.25) is 10.0 Å². The summed E-state index contributed by atoms with van der Waals surface area (Å²) in [6.45, 7) is 0.921. The number of carbonyl (C=O) groups is 1. The van der Waals surface area contributed by atoms with Crippen LogP contribution < -0.4 is 4.74 Å². The summed E-state index contributed by atoms with van der Waals surface area (Å²) < 4.78 is 7.96. The number of carboxylic acids is 1. The molecule has 7 heteroatoms. The number of carboxylic acid groups (broad SMARTS) is 1. The minimum absolute atomic E-state index is 0.210. The van der Waals surface area contributed by atoms with Crippen LogP contribution in [0, 0.1) is 0 Å². The molecule has 0 amide bonds. The summed E-state index contributed by atoms with van der Waals surface area (Å²) in [6, 6.07) is 16.4. The number of hydrogen-bond donors (Lipinski definition) is 1. The highest BCUT2D eigenvalue weighted by Crippen LogP contribution is 2.37. The number of fused-ring (bicyclic) bond motifs is 3. The van der Waals surface area contributed by atoms with Crippen LogP contribution in [0.15, 0.2) is 67.0 Å². The van der Waals surface area contributed by atoms with Crippen molar-refractivity contribution < 1.29 is 14.6 Å². The number of aromatic nitrogens is 2. The number of rotatable bonds is 3. The zero-order chi connectivity index (χ0) is 21.5. The molecule has 154 valence electrons. The van der Waals surface area contributed by atoms with Gasteiger partial charge in [-0.15, -0.1) is 0 Å². The molecule has 5 rings (SSSR count). The first-order valence-electron chi connectivity index (χ1n) is 9.60. The molecule has 0 spiro atoms. The van der Waals surface area contributed by atoms with Gasteiger partial charge >= 0.3 is 5.97 Å². The molecule has 1 aliphatic rings. The third-order valence-electron chi connectivity index (χ3n) is 5.36. The molecule has 0 radical (unpaired) electrons. The van der Waals surface area contributed by atoms with E-state index in [0.717, 1.165) is 33.3 Å². The molecule has 31 heavy (non-hydrogen) atoms. The van der Waals surface area contributed by atoms with Crippen molar-refractivity contribution in [1.82, 2.24) is 9.55 Å². The monoisotopic (exact) mass is 450 g/mol. The minimum atomic E-state index is -0.980. The third kappa shape index (κ3) is 3.56. The summed E-state index contributed by atoms with van der Waals surface area (Å²) in [5.74, 6) is -0.329. The van der Waals surface area contributed by atoms with E-state index in [1.54, 1.807) is 36.7 Å². The smallest absolute Gasteiger partial charge is 0.335 e. The maximum atomic E-state index is 11.6. The van der Waals surface area contributed by atoms with Crippen LogP contribution in [0.5, 0.6) is 5.75 Å². The molecule has 0 aliphatic carbocycles. The molecule has 0 unspecified atom stereocenters. The van der Waals surface area contributed by atoms with Gasteiger partial charge < -0.3 is 14.4 Å². The lowest BCUT2D eigenvalue weighted by atomic mass is 9.93. The lowest BCUT2D eigenvalue weighted by Gasteiger charge is -2.12. The van der Waals surface area contributed by atoms with Crippen LogP contribution >= 0.6 is 23.2 Å². The van der Waals surface area contributed by atoms with E-state index < -0.39 is 5.97 Å². The van der Waals surface area contributed by atoms with Crippen LogP contribution in [0.25, 0.3) is 16.6 Å². The van der Waals surface area contributed by atoms with Crippen molar-refractivity contribution in [3.63, 3.8) is 0 Å². The van der Waals surface area contributed by atoms with Crippen LogP contribution in [-0.4, -0.2) is 20.6 Å². The molecule has 1 N–H and O–H groups in total. The molecule has 3 aromatic carbocycles. The van der Waals surface area contributed by atoms with Gasteiger partial charge in [0, 0.05) is 12.1 Å². The second-order valence-corrected chi connectivity index (χ2v) is 8.05. The summed E-state index contributed by atoms with van der Waals surface area (Å²) in [7, 11) is 0. The Bertz CT molecular complexity index is 1370. The fourth-order valence-corrected chi connectivity index (χ4v) is 4.13. The molecule has 5 nitrogen and oxygen atoms in total. The average Bonchev–Trinajstić information content (AvgIpc) is 3.07. The van der Waals surface area contributed by atoms with E-state index in [-0.39, 0.29) is 5.56 Å². The van der Waals surface area contributed by atoms with Crippen LogP contribution in [0.3, 0.4) is 0 Å². The standard InChI is InChI=1S/C24H16Cl2N2O3/c25-19-10-21-22(11-20(19)26)28(13-27-21)8-7-17-16-4-2-1-3-15(16)12-31-23-6-5-14(24(29)30)9-18(17)23/h1-7,9-11,13H,8,12H2,(H,29,30). The zero-order valence-electron chi connectivity index (χ0n) is 16.2. The van der Waals surface area contributed by atoms with Gasteiger partial charge in [-0.25, -0.2) is 9.78 Å². The van der Waals surface area contributed by atoms with Gasteiger partial charge in [0.15, 0.2) is 0 Å². The number of aromatic carboxylic acids is 1. The van der Waals surface area contributed by atoms with E-state index in [4.69, 9.17) is 27.9 Å². The number of hydrogen-bond acceptors (Lipinski definition) is 3. The Balaban J connectivity index is 1.66. The Morgan fingerprint density at radius 3 is 2.74 bits per heavy atom. The number of benzene rings is 3. The molecule has 0 fully saturated rings. The Hall–Kier alpha value is -3.28. The predicted molar refractivity (Wildman–Crippen MR) is 121 cm³/mol. The second kappa shape index (κ2) is 7.76. The van der Waals surface area contributed by atoms with E-state index in [9.17, 15) is 9.90 Å². The van der Waals surface area contributed by atoms with Gasteiger partial charge in [0.05, 0.1) is 33.0 Å². The summed E-state index contributed by atoms with van der Waals surface area (Å²) in [4.78, 5) is 16.0. The van der Waals surface area contributed by atoms with Gasteiger partial charge in [-0.2, -0.15) is 0 Å². The highest BCUT2D eigenvalue weighted by atomic mass is 35.5. The molecule has 1 aliphatic heterocycles. The van der Waals surface area contributed by atoms with E-state index in [0.29, 0.717) is 28.9 Å². The molecule has 2 heterocycles. The lowest BCUT2D eigenvalue weighted by Crippen LogP contribution is -2.00. The fraction of sp³-hybridized carbons (Fsp3) is 0.0833. The number of halogens is 2. The predicted octanol–water partition coefficient (Wildman–Crippen LogP) is 6.07. The molecule has 0 bridgehead atoms. The van der Waals surface area contributed by atoms with Crippen LogP contribution in [0.4, 0.5) is 0 Å². The topological polar surface area (TPSA) is 64.3 Å². The summed E-state index contributed by atoms with van der Waals surface area (Å²) >= 11 is 12.3. The van der Waals surface area contributed by atoms with Gasteiger partial charge in [0.25, 0.3) is 0 Å². The largest absolute Gasteiger partial charge is 0.488 e. The average molecular weight is 451 g/mol. The highest BCUT2D eigenvalue weighted by molar-refractivity contribution is 6.42. The van der Waals surface area contributed by atoms with E-state index in [1.165, 1.54) is 0 Å². The van der Waals surface area contributed by atoms with Crippen molar-refractivity contribution >= 4 is 45.8 Å². The number of imidazole rings is 1. The summed E-state index contributed by atoms with van der Waals surface area (Å²) in [5.41, 5.74) is 5.53. The molecule has 1 aromatic heterocycles. The third-order valence-corrected chi connectivity index (χ3v) is 6.08. The van der Waals surface area contributed by atoms with Crippen molar-refractivity contribution in [2.45, 2.75) is 13.2 Å². The van der Waals surface area contributed by atoms with Crippen LogP contribution in [0.1, 0.15) is 27.0 Å². The molecule has 0 saturated carbocycles. The fourth-order valence-electron chi connectivity index (χ4n) is 3.82. The van der Waals surface area contributed by atoms with Crippen molar-refractivity contribution in [2.75, 3.05) is 0 Å². The Kier molecular flexibility index (Phi) is 4.93. The SMILES string of the molecule is O=C(O)c1ccc2c(c1)C(=CCn1cnc3cc(Cl)c(Cl)cc31)c1ccccc1CO2. The van der Waals surface area contributed by atoms with E-state index >= 15 is 0 Å². The summed E-state index contributed by atoms with van der Waals surface area (Å²) in [6.07, 6.45) is 3.80. The normalized spacial score (nSPS) is 14.1. The molecular formula is C24H16Cl2N2O3. The number of allylic oxidation sites excluding steroid dienone is 1. The van der Waals surface area contributed by atoms with Crippen molar-refractivity contribution in [2.24, 2.45) is 0 Å². The zero-order valence-corrected chi connectivity index (χ0v) is 17.7. The molecule has 0 saturated heterocycles. The first kappa shape index (κ1) is 19.7. The van der Waals surface area contributed by atoms with Gasteiger partial charge in [0.2, 0.25) is 0 Å². The molecular weight excluding hydrogens is 435 g/mol. The molecule has 0 atom stereocenters. The maximum absolute atomic E-state index is 11.6. The first-order valence-corrected chi connectivity index (χ1v) is 10.4. The van der Waals surface area contributed by atoms with Gasteiger partial charge in [0.1, 0.15) is 12.4 Å². The maximum Gasteiger partial charge on any atom is 0.335 e. The number of nitrogens with zero attached hydrogens (tertiary/aromatic N) is 2. The Labute approximate surface area is 188 Å². The van der Waals surface area contributed by atoms with Crippen molar-refractivity contribution in [3.8, 4) is 5.75 Å². The summed E-state index contributed by atoms with van der Waals surface area (Å²) in [5, 5.41) is 10.4. The van der Waals surface area contributed by atoms with Crippen LogP contribution in [-0.2, 0) is 13.2 Å². The highest BCUT2D eigenvalue weighted by Gasteiger charge is 2.20.